The summed E-state index contributed by atoms with van der Waals surface area (Å²) >= 11 is 0. The molecule has 0 amide bonds. The zero-order valence-electron chi connectivity index (χ0n) is 11.6. The lowest BCUT2D eigenvalue weighted by molar-refractivity contribution is -0.137. The van der Waals surface area contributed by atoms with Gasteiger partial charge in [0.15, 0.2) is 0 Å². The summed E-state index contributed by atoms with van der Waals surface area (Å²) in [5.74, 6) is 0.207. The van der Waals surface area contributed by atoms with Crippen molar-refractivity contribution in [1.82, 2.24) is 15.0 Å². The summed E-state index contributed by atoms with van der Waals surface area (Å²) in [4.78, 5) is 22.5. The quantitative estimate of drug-likeness (QED) is 0.787. The normalized spacial score (nSPS) is 11.4. The van der Waals surface area contributed by atoms with E-state index in [4.69, 9.17) is 0 Å². The molecule has 0 aliphatic carbocycles. The van der Waals surface area contributed by atoms with E-state index in [-0.39, 0.29) is 11.4 Å². The predicted octanol–water partition coefficient (Wildman–Crippen LogP) is 3.52. The second-order valence-corrected chi connectivity index (χ2v) is 4.79. The maximum absolute atomic E-state index is 12.6. The molecule has 0 spiro atoms. The van der Waals surface area contributed by atoms with Gasteiger partial charge in [-0.25, -0.2) is 4.98 Å². The van der Waals surface area contributed by atoms with Gasteiger partial charge in [0, 0.05) is 29.6 Å². The van der Waals surface area contributed by atoms with Crippen molar-refractivity contribution in [3.05, 3.63) is 70.8 Å². The highest BCUT2D eigenvalue weighted by Gasteiger charge is 2.30. The monoisotopic (exact) mass is 317 g/mol. The number of nitrogens with zero attached hydrogens (tertiary/aromatic N) is 2. The number of aromatic nitrogens is 3. The first-order valence-corrected chi connectivity index (χ1v) is 6.63. The van der Waals surface area contributed by atoms with Crippen LogP contribution in [0.4, 0.5) is 13.2 Å². The molecule has 0 radical (unpaired) electrons. The highest BCUT2D eigenvalue weighted by Crippen LogP contribution is 2.30. The second-order valence-electron chi connectivity index (χ2n) is 4.79. The van der Waals surface area contributed by atoms with Gasteiger partial charge in [0.05, 0.1) is 11.3 Å². The van der Waals surface area contributed by atoms with Gasteiger partial charge in [-0.15, -0.1) is 0 Å². The van der Waals surface area contributed by atoms with Crippen molar-refractivity contribution < 1.29 is 13.2 Å². The van der Waals surface area contributed by atoms with E-state index < -0.39 is 11.7 Å². The van der Waals surface area contributed by atoms with Gasteiger partial charge in [-0.1, -0.05) is 12.1 Å². The summed E-state index contributed by atoms with van der Waals surface area (Å²) in [6.07, 6.45) is -1.27. The molecule has 0 bridgehead atoms. The summed E-state index contributed by atoms with van der Waals surface area (Å²) in [5.41, 5.74) is 0.368. The molecule has 0 aliphatic heterocycles. The molecule has 0 unspecified atom stereocenters. The lowest BCUT2D eigenvalue weighted by Gasteiger charge is -2.08. The molecule has 2 aromatic heterocycles. The van der Waals surface area contributed by atoms with Crippen molar-refractivity contribution in [3.63, 3.8) is 0 Å². The number of pyridine rings is 1. The molecular weight excluding hydrogens is 307 g/mol. The Labute approximate surface area is 128 Å². The van der Waals surface area contributed by atoms with Crippen LogP contribution in [0.1, 0.15) is 5.56 Å². The summed E-state index contributed by atoms with van der Waals surface area (Å²) in [6.45, 7) is 0. The fourth-order valence-corrected chi connectivity index (χ4v) is 2.08. The fraction of sp³-hybridized carbons (Fsp3) is 0.0625. The Bertz CT molecular complexity index is 872. The second kappa shape index (κ2) is 5.68. The van der Waals surface area contributed by atoms with Crippen molar-refractivity contribution in [2.75, 3.05) is 0 Å². The van der Waals surface area contributed by atoms with E-state index >= 15 is 0 Å². The topological polar surface area (TPSA) is 58.6 Å². The molecule has 1 N–H and O–H groups in total. The Morgan fingerprint density at radius 2 is 1.57 bits per heavy atom. The van der Waals surface area contributed by atoms with Crippen molar-refractivity contribution >= 4 is 0 Å². The summed E-state index contributed by atoms with van der Waals surface area (Å²) in [6, 6.07) is 9.16. The Kier molecular flexibility index (Phi) is 3.69. The van der Waals surface area contributed by atoms with E-state index in [1.54, 1.807) is 24.5 Å². The van der Waals surface area contributed by atoms with Crippen LogP contribution in [-0.2, 0) is 6.18 Å². The minimum atomic E-state index is -4.40. The highest BCUT2D eigenvalue weighted by atomic mass is 19.4. The van der Waals surface area contributed by atoms with E-state index in [2.05, 4.69) is 15.0 Å². The maximum atomic E-state index is 12.6. The Morgan fingerprint density at radius 1 is 0.913 bits per heavy atom. The molecule has 23 heavy (non-hydrogen) atoms. The van der Waals surface area contributed by atoms with E-state index in [1.165, 1.54) is 18.2 Å². The Hall–Kier alpha value is -2.96. The van der Waals surface area contributed by atoms with E-state index in [1.807, 2.05) is 0 Å². The Morgan fingerprint density at radius 3 is 2.17 bits per heavy atom. The van der Waals surface area contributed by atoms with Crippen molar-refractivity contribution in [2.24, 2.45) is 0 Å². The zero-order chi connectivity index (χ0) is 16.4. The highest BCUT2D eigenvalue weighted by molar-refractivity contribution is 5.63. The van der Waals surface area contributed by atoms with E-state index in [9.17, 15) is 18.0 Å². The largest absolute Gasteiger partial charge is 0.416 e. The summed E-state index contributed by atoms with van der Waals surface area (Å²) in [5, 5.41) is 0. The predicted molar refractivity (Wildman–Crippen MR) is 78.5 cm³/mol. The van der Waals surface area contributed by atoms with Crippen LogP contribution in [0, 0.1) is 0 Å². The van der Waals surface area contributed by atoms with Crippen LogP contribution < -0.4 is 5.56 Å². The summed E-state index contributed by atoms with van der Waals surface area (Å²) < 4.78 is 37.8. The smallest absolute Gasteiger partial charge is 0.306 e. The first kappa shape index (κ1) is 15.0. The molecule has 4 nitrogen and oxygen atoms in total. The third-order valence-corrected chi connectivity index (χ3v) is 3.20. The molecule has 116 valence electrons. The van der Waals surface area contributed by atoms with Crippen LogP contribution in [0.5, 0.6) is 0 Å². The van der Waals surface area contributed by atoms with E-state index in [0.29, 0.717) is 16.8 Å². The van der Waals surface area contributed by atoms with Crippen LogP contribution in [0.25, 0.3) is 22.6 Å². The number of hydrogen-bond acceptors (Lipinski definition) is 3. The van der Waals surface area contributed by atoms with Gasteiger partial charge in [-0.2, -0.15) is 13.2 Å². The van der Waals surface area contributed by atoms with Crippen LogP contribution >= 0.6 is 0 Å². The molecule has 7 heteroatoms. The molecule has 3 aromatic rings. The number of rotatable bonds is 2. The standard InChI is InChI=1S/C16H10F3N3O/c17-16(18,19)12-3-1-11(2-4-12)15-21-13(9-14(23)22-15)10-5-7-20-8-6-10/h1-9H,(H,21,22,23). The third-order valence-electron chi connectivity index (χ3n) is 3.20. The minimum Gasteiger partial charge on any atom is -0.306 e. The van der Waals surface area contributed by atoms with Gasteiger partial charge >= 0.3 is 6.18 Å². The van der Waals surface area contributed by atoms with Crippen LogP contribution in [0.3, 0.4) is 0 Å². The third kappa shape index (κ3) is 3.28. The van der Waals surface area contributed by atoms with Gasteiger partial charge in [-0.05, 0) is 24.3 Å². The molecule has 3 rings (SSSR count). The lowest BCUT2D eigenvalue weighted by Crippen LogP contribution is -2.09. The fourth-order valence-electron chi connectivity index (χ4n) is 2.08. The number of H-pyrrole nitrogens is 1. The SMILES string of the molecule is O=c1cc(-c2ccncc2)nc(-c2ccc(C(F)(F)F)cc2)[nH]1. The molecule has 0 fully saturated rings. The lowest BCUT2D eigenvalue weighted by atomic mass is 10.1. The number of alkyl halides is 3. The number of aromatic amines is 1. The zero-order valence-corrected chi connectivity index (χ0v) is 11.6. The van der Waals surface area contributed by atoms with Crippen LogP contribution in [0.2, 0.25) is 0 Å². The van der Waals surface area contributed by atoms with Crippen molar-refractivity contribution in [2.45, 2.75) is 6.18 Å². The molecular formula is C16H10F3N3O. The first-order chi connectivity index (χ1) is 10.9. The van der Waals surface area contributed by atoms with Crippen LogP contribution in [0.15, 0.2) is 59.7 Å². The number of nitrogens with one attached hydrogen (secondary N) is 1. The van der Waals surface area contributed by atoms with Gasteiger partial charge in [0.25, 0.3) is 5.56 Å². The summed E-state index contributed by atoms with van der Waals surface area (Å²) in [7, 11) is 0. The number of hydrogen-bond donors (Lipinski definition) is 1. The molecule has 0 atom stereocenters. The molecule has 1 aromatic carbocycles. The average Bonchev–Trinajstić information content (AvgIpc) is 2.54. The van der Waals surface area contributed by atoms with E-state index in [0.717, 1.165) is 12.1 Å². The maximum Gasteiger partial charge on any atom is 0.416 e. The van der Waals surface area contributed by atoms with Crippen molar-refractivity contribution in [3.8, 4) is 22.6 Å². The minimum absolute atomic E-state index is 0.207. The number of benzene rings is 1. The van der Waals surface area contributed by atoms with Crippen LogP contribution in [-0.4, -0.2) is 15.0 Å². The molecule has 2 heterocycles. The number of halogens is 3. The average molecular weight is 317 g/mol. The molecule has 0 saturated heterocycles. The van der Waals surface area contributed by atoms with Gasteiger partial charge < -0.3 is 4.98 Å². The first-order valence-electron chi connectivity index (χ1n) is 6.63. The van der Waals surface area contributed by atoms with Gasteiger partial charge in [0.1, 0.15) is 5.82 Å². The molecule has 0 saturated carbocycles. The van der Waals surface area contributed by atoms with Gasteiger partial charge in [0.2, 0.25) is 0 Å². The van der Waals surface area contributed by atoms with Crippen molar-refractivity contribution in [1.29, 1.82) is 0 Å². The van der Waals surface area contributed by atoms with Gasteiger partial charge in [-0.3, -0.25) is 9.78 Å². The molecule has 0 aliphatic rings. The Balaban J connectivity index is 2.04.